The van der Waals surface area contributed by atoms with Gasteiger partial charge in [-0.1, -0.05) is 19.1 Å². The highest BCUT2D eigenvalue weighted by atomic mass is 32.2. The van der Waals surface area contributed by atoms with Gasteiger partial charge in [0.1, 0.15) is 5.82 Å². The second kappa shape index (κ2) is 6.00. The second-order valence-corrected chi connectivity index (χ2v) is 6.62. The minimum Gasteiger partial charge on any atom is -0.328 e. The van der Waals surface area contributed by atoms with Gasteiger partial charge in [0, 0.05) is 6.54 Å². The van der Waals surface area contributed by atoms with Crippen LogP contribution in [0.3, 0.4) is 0 Å². The molecule has 0 aliphatic carbocycles. The molecule has 4 heteroatoms. The third-order valence-electron chi connectivity index (χ3n) is 3.80. The SMILES string of the molecule is CCCn1c(CC(=O)C2CCCS2)nc2ccccc21. The lowest BCUT2D eigenvalue weighted by molar-refractivity contribution is -0.118. The predicted octanol–water partition coefficient (Wildman–Crippen LogP) is 3.45. The molecule has 3 rings (SSSR count). The molecular weight excluding hydrogens is 268 g/mol. The molecule has 1 aliphatic heterocycles. The summed E-state index contributed by atoms with van der Waals surface area (Å²) in [5, 5.41) is 0.199. The minimum atomic E-state index is 0.199. The van der Waals surface area contributed by atoms with Crippen LogP contribution in [0.4, 0.5) is 0 Å². The van der Waals surface area contributed by atoms with Crippen LogP contribution in [0.2, 0.25) is 0 Å². The molecule has 0 N–H and O–H groups in total. The standard InChI is InChI=1S/C16H20N2OS/c1-2-9-18-13-7-4-3-6-12(13)17-16(18)11-14(19)15-8-5-10-20-15/h3-4,6-7,15H,2,5,8-11H2,1H3. The van der Waals surface area contributed by atoms with Gasteiger partial charge in [0.25, 0.3) is 0 Å². The first-order valence-corrected chi connectivity index (χ1v) is 8.43. The van der Waals surface area contributed by atoms with E-state index in [1.807, 2.05) is 30.0 Å². The molecule has 1 atom stereocenters. The Morgan fingerprint density at radius 1 is 1.45 bits per heavy atom. The smallest absolute Gasteiger partial charge is 0.153 e. The average molecular weight is 288 g/mol. The van der Waals surface area contributed by atoms with Gasteiger partial charge < -0.3 is 4.57 Å². The molecular formula is C16H20N2OS. The number of rotatable bonds is 5. The van der Waals surface area contributed by atoms with Crippen molar-refractivity contribution in [2.45, 2.75) is 44.4 Å². The van der Waals surface area contributed by atoms with Gasteiger partial charge in [0.2, 0.25) is 0 Å². The number of nitrogens with zero attached hydrogens (tertiary/aromatic N) is 2. The van der Waals surface area contributed by atoms with E-state index in [2.05, 4.69) is 22.5 Å². The zero-order valence-electron chi connectivity index (χ0n) is 11.8. The molecule has 106 valence electrons. The van der Waals surface area contributed by atoms with Crippen molar-refractivity contribution in [3.63, 3.8) is 0 Å². The Morgan fingerprint density at radius 3 is 3.05 bits per heavy atom. The second-order valence-electron chi connectivity index (χ2n) is 5.31. The van der Waals surface area contributed by atoms with E-state index < -0.39 is 0 Å². The van der Waals surface area contributed by atoms with Crippen LogP contribution in [0, 0.1) is 0 Å². The minimum absolute atomic E-state index is 0.199. The van der Waals surface area contributed by atoms with Crippen LogP contribution in [0.15, 0.2) is 24.3 Å². The molecule has 2 heterocycles. The maximum atomic E-state index is 12.4. The molecule has 2 aromatic rings. The van der Waals surface area contributed by atoms with Gasteiger partial charge in [-0.3, -0.25) is 4.79 Å². The van der Waals surface area contributed by atoms with Crippen molar-refractivity contribution >= 4 is 28.6 Å². The molecule has 0 radical (unpaired) electrons. The molecule has 1 aromatic heterocycles. The largest absolute Gasteiger partial charge is 0.328 e. The normalized spacial score (nSPS) is 18.8. The molecule has 0 amide bonds. The van der Waals surface area contributed by atoms with Crippen LogP contribution in [0.1, 0.15) is 32.0 Å². The third-order valence-corrected chi connectivity index (χ3v) is 5.23. The van der Waals surface area contributed by atoms with Crippen molar-refractivity contribution in [1.82, 2.24) is 9.55 Å². The number of fused-ring (bicyclic) bond motifs is 1. The first-order valence-electron chi connectivity index (χ1n) is 7.38. The number of para-hydroxylation sites is 2. The lowest BCUT2D eigenvalue weighted by Gasteiger charge is -2.10. The summed E-state index contributed by atoms with van der Waals surface area (Å²) in [4.78, 5) is 17.0. The Bertz CT molecular complexity index is 614. The van der Waals surface area contributed by atoms with Gasteiger partial charge in [0.05, 0.1) is 22.7 Å². The Morgan fingerprint density at radius 2 is 2.30 bits per heavy atom. The topological polar surface area (TPSA) is 34.9 Å². The maximum absolute atomic E-state index is 12.4. The summed E-state index contributed by atoms with van der Waals surface area (Å²) >= 11 is 1.81. The quantitative estimate of drug-likeness (QED) is 0.845. The van der Waals surface area contributed by atoms with Gasteiger partial charge in [-0.25, -0.2) is 4.98 Å². The lowest BCUT2D eigenvalue weighted by atomic mass is 10.1. The fourth-order valence-electron chi connectivity index (χ4n) is 2.83. The molecule has 0 saturated carbocycles. The first kappa shape index (κ1) is 13.7. The number of hydrogen-bond acceptors (Lipinski definition) is 3. The van der Waals surface area contributed by atoms with Crippen molar-refractivity contribution in [2.24, 2.45) is 0 Å². The van der Waals surface area contributed by atoms with Crippen molar-refractivity contribution in [2.75, 3.05) is 5.75 Å². The van der Waals surface area contributed by atoms with E-state index in [-0.39, 0.29) is 5.25 Å². The summed E-state index contributed by atoms with van der Waals surface area (Å²) < 4.78 is 2.22. The number of benzene rings is 1. The van der Waals surface area contributed by atoms with E-state index in [9.17, 15) is 4.79 Å². The Labute approximate surface area is 123 Å². The van der Waals surface area contributed by atoms with Crippen molar-refractivity contribution in [1.29, 1.82) is 0 Å². The number of carbonyl (C=O) groups excluding carboxylic acids is 1. The average Bonchev–Trinajstić information content (AvgIpc) is 3.08. The molecule has 20 heavy (non-hydrogen) atoms. The highest BCUT2D eigenvalue weighted by Crippen LogP contribution is 2.28. The molecule has 0 spiro atoms. The number of aryl methyl sites for hydroxylation is 1. The monoisotopic (exact) mass is 288 g/mol. The lowest BCUT2D eigenvalue weighted by Crippen LogP contribution is -2.19. The van der Waals surface area contributed by atoms with Crippen molar-refractivity contribution in [3.8, 4) is 0 Å². The van der Waals surface area contributed by atoms with E-state index in [0.29, 0.717) is 12.2 Å². The van der Waals surface area contributed by atoms with E-state index in [1.165, 1.54) is 6.42 Å². The molecule has 1 aromatic carbocycles. The summed E-state index contributed by atoms with van der Waals surface area (Å²) in [6.45, 7) is 3.09. The van der Waals surface area contributed by atoms with Crippen molar-refractivity contribution in [3.05, 3.63) is 30.1 Å². The zero-order chi connectivity index (χ0) is 13.9. The van der Waals surface area contributed by atoms with Gasteiger partial charge in [-0.15, -0.1) is 0 Å². The van der Waals surface area contributed by atoms with Crippen molar-refractivity contribution < 1.29 is 4.79 Å². The maximum Gasteiger partial charge on any atom is 0.153 e. The molecule has 1 unspecified atom stereocenters. The number of aromatic nitrogens is 2. The number of hydrogen-bond donors (Lipinski definition) is 0. The molecule has 1 saturated heterocycles. The number of Topliss-reactive ketones (excluding diaryl/α,β-unsaturated/α-hetero) is 1. The fourth-order valence-corrected chi connectivity index (χ4v) is 4.06. The summed E-state index contributed by atoms with van der Waals surface area (Å²) in [6, 6.07) is 8.16. The number of ketones is 1. The summed E-state index contributed by atoms with van der Waals surface area (Å²) in [6.07, 6.45) is 3.75. The van der Waals surface area contributed by atoms with Crippen LogP contribution in [0.25, 0.3) is 11.0 Å². The highest BCUT2D eigenvalue weighted by Gasteiger charge is 2.25. The van der Waals surface area contributed by atoms with Crippen LogP contribution < -0.4 is 0 Å². The van der Waals surface area contributed by atoms with Gasteiger partial charge in [-0.2, -0.15) is 11.8 Å². The molecule has 1 aliphatic rings. The van der Waals surface area contributed by atoms with E-state index >= 15 is 0 Å². The number of thioether (sulfide) groups is 1. The summed E-state index contributed by atoms with van der Waals surface area (Å²) in [5.74, 6) is 2.41. The van der Waals surface area contributed by atoms with Crippen LogP contribution in [-0.2, 0) is 17.8 Å². The Balaban J connectivity index is 1.89. The Hall–Kier alpha value is -1.29. The zero-order valence-corrected chi connectivity index (χ0v) is 12.7. The third kappa shape index (κ3) is 2.62. The van der Waals surface area contributed by atoms with Gasteiger partial charge >= 0.3 is 0 Å². The molecule has 0 bridgehead atoms. The summed E-state index contributed by atoms with van der Waals surface area (Å²) in [7, 11) is 0. The number of carbonyl (C=O) groups is 1. The fraction of sp³-hybridized carbons (Fsp3) is 0.500. The predicted molar refractivity (Wildman–Crippen MR) is 84.2 cm³/mol. The summed E-state index contributed by atoms with van der Waals surface area (Å²) in [5.41, 5.74) is 2.15. The van der Waals surface area contributed by atoms with E-state index in [0.717, 1.165) is 42.0 Å². The van der Waals surface area contributed by atoms with Gasteiger partial charge in [-0.05, 0) is 37.1 Å². The number of imidazole rings is 1. The van der Waals surface area contributed by atoms with E-state index in [1.54, 1.807) is 0 Å². The van der Waals surface area contributed by atoms with Crippen LogP contribution >= 0.6 is 11.8 Å². The van der Waals surface area contributed by atoms with E-state index in [4.69, 9.17) is 0 Å². The first-order chi connectivity index (χ1) is 9.79. The Kier molecular flexibility index (Phi) is 4.10. The highest BCUT2D eigenvalue weighted by molar-refractivity contribution is 8.00. The molecule has 3 nitrogen and oxygen atoms in total. The van der Waals surface area contributed by atoms with Gasteiger partial charge in [0.15, 0.2) is 5.78 Å². The van der Waals surface area contributed by atoms with Crippen LogP contribution in [0.5, 0.6) is 0 Å². The van der Waals surface area contributed by atoms with Crippen LogP contribution in [-0.4, -0.2) is 26.3 Å². The molecule has 1 fully saturated rings.